The molecule has 1 amide bonds. The van der Waals surface area contributed by atoms with Crippen molar-refractivity contribution in [3.63, 3.8) is 0 Å². The van der Waals surface area contributed by atoms with E-state index in [4.69, 9.17) is 0 Å². The van der Waals surface area contributed by atoms with E-state index < -0.39 is 0 Å². The highest BCUT2D eigenvalue weighted by molar-refractivity contribution is 5.93. The second-order valence-electron chi connectivity index (χ2n) is 6.89. The van der Waals surface area contributed by atoms with Crippen LogP contribution in [0.3, 0.4) is 0 Å². The summed E-state index contributed by atoms with van der Waals surface area (Å²) < 4.78 is 0. The predicted molar refractivity (Wildman–Crippen MR) is 90.6 cm³/mol. The van der Waals surface area contributed by atoms with Crippen LogP contribution >= 0.6 is 0 Å². The molecule has 0 N–H and O–H groups in total. The molecule has 2 fully saturated rings. The zero-order chi connectivity index (χ0) is 16.4. The molecule has 5 heteroatoms. The second-order valence-corrected chi connectivity index (χ2v) is 6.89. The fourth-order valence-electron chi connectivity index (χ4n) is 3.41. The lowest BCUT2D eigenvalue weighted by molar-refractivity contribution is 0.0672. The van der Waals surface area contributed by atoms with Gasteiger partial charge in [-0.25, -0.2) is 9.97 Å². The fourth-order valence-corrected chi connectivity index (χ4v) is 3.41. The monoisotopic (exact) mass is 322 g/mol. The summed E-state index contributed by atoms with van der Waals surface area (Å²) in [6, 6.07) is 6.02. The molecule has 5 nitrogen and oxygen atoms in total. The lowest BCUT2D eigenvalue weighted by Gasteiger charge is -2.32. The van der Waals surface area contributed by atoms with Gasteiger partial charge < -0.3 is 4.90 Å². The minimum absolute atomic E-state index is 0.0584. The summed E-state index contributed by atoms with van der Waals surface area (Å²) >= 11 is 0. The van der Waals surface area contributed by atoms with Gasteiger partial charge >= 0.3 is 0 Å². The third kappa shape index (κ3) is 3.45. The number of pyridine rings is 1. The Morgan fingerprint density at radius 1 is 1.12 bits per heavy atom. The first-order chi connectivity index (χ1) is 11.8. The molecule has 0 spiro atoms. The first kappa shape index (κ1) is 15.2. The van der Waals surface area contributed by atoms with Crippen LogP contribution < -0.4 is 0 Å². The zero-order valence-electron chi connectivity index (χ0n) is 13.8. The molecule has 0 aromatic carbocycles. The third-order valence-electron chi connectivity index (χ3n) is 4.89. The van der Waals surface area contributed by atoms with Crippen LogP contribution in [-0.2, 0) is 6.42 Å². The van der Waals surface area contributed by atoms with Crippen molar-refractivity contribution in [1.82, 2.24) is 19.9 Å². The van der Waals surface area contributed by atoms with Crippen molar-refractivity contribution in [1.29, 1.82) is 0 Å². The maximum atomic E-state index is 12.7. The Hall–Kier alpha value is -2.30. The summed E-state index contributed by atoms with van der Waals surface area (Å²) in [6.45, 7) is 1.61. The van der Waals surface area contributed by atoms with E-state index in [1.807, 2.05) is 23.2 Å². The number of rotatable bonds is 4. The van der Waals surface area contributed by atoms with Crippen molar-refractivity contribution in [2.75, 3.05) is 13.1 Å². The van der Waals surface area contributed by atoms with E-state index in [0.29, 0.717) is 17.4 Å². The first-order valence-corrected chi connectivity index (χ1v) is 8.81. The number of hydrogen-bond acceptors (Lipinski definition) is 4. The molecule has 0 unspecified atom stereocenters. The van der Waals surface area contributed by atoms with Crippen LogP contribution in [0.5, 0.6) is 0 Å². The molecule has 2 aromatic rings. The second kappa shape index (κ2) is 6.67. The summed E-state index contributed by atoms with van der Waals surface area (Å²) in [5.41, 5.74) is 1.71. The summed E-state index contributed by atoms with van der Waals surface area (Å²) in [7, 11) is 0. The van der Waals surface area contributed by atoms with Gasteiger partial charge in [-0.2, -0.15) is 0 Å². The number of piperidine rings is 1. The Balaban J connectivity index is 1.40. The fraction of sp³-hybridized carbons (Fsp3) is 0.474. The standard InChI is InChI=1S/C19H22N4O/c24-19(16-11-21-18(22-12-16)15-6-7-15)23-9-3-4-14(13-23)10-17-5-1-2-8-20-17/h1-2,5,8,11-12,14-15H,3-4,6-7,9-10,13H2/t14-/m0/s1. The molecule has 1 aliphatic heterocycles. The molecule has 2 aromatic heterocycles. The number of carbonyl (C=O) groups is 1. The van der Waals surface area contributed by atoms with Crippen LogP contribution in [0.15, 0.2) is 36.8 Å². The van der Waals surface area contributed by atoms with Gasteiger partial charge in [0.1, 0.15) is 5.82 Å². The third-order valence-corrected chi connectivity index (χ3v) is 4.89. The number of amides is 1. The smallest absolute Gasteiger partial charge is 0.256 e. The lowest BCUT2D eigenvalue weighted by atomic mass is 9.93. The van der Waals surface area contributed by atoms with Gasteiger partial charge in [-0.1, -0.05) is 6.07 Å². The molecule has 1 atom stereocenters. The lowest BCUT2D eigenvalue weighted by Crippen LogP contribution is -2.40. The quantitative estimate of drug-likeness (QED) is 0.868. The topological polar surface area (TPSA) is 59.0 Å². The summed E-state index contributed by atoms with van der Waals surface area (Å²) in [5.74, 6) is 1.94. The van der Waals surface area contributed by atoms with Crippen molar-refractivity contribution in [2.45, 2.75) is 38.0 Å². The van der Waals surface area contributed by atoms with E-state index in [1.165, 1.54) is 12.8 Å². The van der Waals surface area contributed by atoms with Crippen molar-refractivity contribution >= 4 is 5.91 Å². The Bertz CT molecular complexity index is 697. The van der Waals surface area contributed by atoms with Crippen LogP contribution in [0, 0.1) is 5.92 Å². The van der Waals surface area contributed by atoms with Crippen molar-refractivity contribution in [2.24, 2.45) is 5.92 Å². The minimum atomic E-state index is 0.0584. The van der Waals surface area contributed by atoms with Crippen molar-refractivity contribution in [3.8, 4) is 0 Å². The molecular formula is C19H22N4O. The highest BCUT2D eigenvalue weighted by Gasteiger charge is 2.28. The maximum Gasteiger partial charge on any atom is 0.256 e. The molecular weight excluding hydrogens is 300 g/mol. The average molecular weight is 322 g/mol. The molecule has 3 heterocycles. The summed E-state index contributed by atoms with van der Waals surface area (Å²) in [6.07, 6.45) is 10.7. The summed E-state index contributed by atoms with van der Waals surface area (Å²) in [4.78, 5) is 27.8. The van der Waals surface area contributed by atoms with Crippen LogP contribution in [0.25, 0.3) is 0 Å². The number of hydrogen-bond donors (Lipinski definition) is 0. The number of carbonyl (C=O) groups excluding carboxylic acids is 1. The van der Waals surface area contributed by atoms with Gasteiger partial charge in [0.05, 0.1) is 5.56 Å². The average Bonchev–Trinajstić information content (AvgIpc) is 3.48. The van der Waals surface area contributed by atoms with Crippen LogP contribution in [0.1, 0.15) is 53.5 Å². The van der Waals surface area contributed by atoms with E-state index in [0.717, 1.165) is 43.9 Å². The largest absolute Gasteiger partial charge is 0.338 e. The normalized spacial score (nSPS) is 20.8. The van der Waals surface area contributed by atoms with Crippen molar-refractivity contribution < 1.29 is 4.79 Å². The van der Waals surface area contributed by atoms with Gasteiger partial charge in [0.2, 0.25) is 0 Å². The van der Waals surface area contributed by atoms with Gasteiger partial charge in [0.25, 0.3) is 5.91 Å². The van der Waals surface area contributed by atoms with Gasteiger partial charge in [0.15, 0.2) is 0 Å². The van der Waals surface area contributed by atoms with Crippen LogP contribution in [0.2, 0.25) is 0 Å². The van der Waals surface area contributed by atoms with E-state index in [-0.39, 0.29) is 5.91 Å². The van der Waals surface area contributed by atoms with Gasteiger partial charge in [0, 0.05) is 43.3 Å². The Labute approximate surface area is 142 Å². The molecule has 1 saturated carbocycles. The van der Waals surface area contributed by atoms with Crippen molar-refractivity contribution in [3.05, 3.63) is 53.9 Å². The van der Waals surface area contributed by atoms with E-state index in [1.54, 1.807) is 12.4 Å². The molecule has 124 valence electrons. The Morgan fingerprint density at radius 3 is 2.67 bits per heavy atom. The number of likely N-dealkylation sites (tertiary alicyclic amines) is 1. The minimum Gasteiger partial charge on any atom is -0.338 e. The van der Waals surface area contributed by atoms with Gasteiger partial charge in [-0.05, 0) is 50.2 Å². The van der Waals surface area contributed by atoms with Gasteiger partial charge in [-0.3, -0.25) is 9.78 Å². The SMILES string of the molecule is O=C(c1cnc(C2CC2)nc1)N1CCC[C@@H](Cc2ccccn2)C1. The van der Waals surface area contributed by atoms with E-state index in [2.05, 4.69) is 21.0 Å². The molecule has 0 bridgehead atoms. The number of aromatic nitrogens is 3. The maximum absolute atomic E-state index is 12.7. The van der Waals surface area contributed by atoms with Crippen LogP contribution in [0.4, 0.5) is 0 Å². The Kier molecular flexibility index (Phi) is 4.24. The molecule has 0 radical (unpaired) electrons. The predicted octanol–water partition coefficient (Wildman–Crippen LogP) is 2.84. The summed E-state index contributed by atoms with van der Waals surface area (Å²) in [5, 5.41) is 0. The van der Waals surface area contributed by atoms with E-state index in [9.17, 15) is 4.79 Å². The molecule has 4 rings (SSSR count). The van der Waals surface area contributed by atoms with Crippen LogP contribution in [-0.4, -0.2) is 38.8 Å². The van der Waals surface area contributed by atoms with E-state index >= 15 is 0 Å². The molecule has 1 aliphatic carbocycles. The zero-order valence-corrected chi connectivity index (χ0v) is 13.8. The molecule has 2 aliphatic rings. The highest BCUT2D eigenvalue weighted by Crippen LogP contribution is 2.37. The highest BCUT2D eigenvalue weighted by atomic mass is 16.2. The molecule has 1 saturated heterocycles. The molecule has 24 heavy (non-hydrogen) atoms. The number of nitrogens with zero attached hydrogens (tertiary/aromatic N) is 4. The van der Waals surface area contributed by atoms with Gasteiger partial charge in [-0.15, -0.1) is 0 Å². The first-order valence-electron chi connectivity index (χ1n) is 8.81. The Morgan fingerprint density at radius 2 is 1.96 bits per heavy atom.